The minimum Gasteiger partial charge on any atom is -0.352 e. The Bertz CT molecular complexity index is 666. The molecule has 3 rings (SSSR count). The number of thioether (sulfide) groups is 1. The molecule has 0 amide bonds. The average Bonchev–Trinajstić information content (AvgIpc) is 3.17. The molecule has 1 N–H and O–H groups in total. The molecular weight excluding hydrogens is 330 g/mol. The van der Waals surface area contributed by atoms with Crippen molar-refractivity contribution in [2.24, 2.45) is 4.99 Å². The average molecular weight is 358 g/mol. The van der Waals surface area contributed by atoms with E-state index in [1.165, 1.54) is 23.3 Å². The molecule has 25 heavy (non-hydrogen) atoms. The van der Waals surface area contributed by atoms with E-state index in [1.807, 2.05) is 25.8 Å². The predicted molar refractivity (Wildman–Crippen MR) is 106 cm³/mol. The van der Waals surface area contributed by atoms with Crippen molar-refractivity contribution in [2.45, 2.75) is 31.7 Å². The summed E-state index contributed by atoms with van der Waals surface area (Å²) >= 11 is 2.08. The van der Waals surface area contributed by atoms with Crippen molar-refractivity contribution in [1.29, 1.82) is 0 Å². The van der Waals surface area contributed by atoms with Gasteiger partial charge in [-0.05, 0) is 17.5 Å². The van der Waals surface area contributed by atoms with E-state index in [-0.39, 0.29) is 0 Å². The molecule has 0 bridgehead atoms. The second kappa shape index (κ2) is 8.94. The Kier molecular flexibility index (Phi) is 6.39. The molecule has 0 aliphatic carbocycles. The zero-order valence-electron chi connectivity index (χ0n) is 15.1. The number of nitrogens with one attached hydrogen (secondary N) is 1. The van der Waals surface area contributed by atoms with Crippen LogP contribution in [0.1, 0.15) is 24.5 Å². The zero-order valence-corrected chi connectivity index (χ0v) is 15.9. The van der Waals surface area contributed by atoms with Crippen molar-refractivity contribution in [1.82, 2.24) is 19.8 Å². The van der Waals surface area contributed by atoms with Crippen molar-refractivity contribution in [3.63, 3.8) is 0 Å². The van der Waals surface area contributed by atoms with Crippen LogP contribution in [0.3, 0.4) is 0 Å². The minimum atomic E-state index is 0.717. The summed E-state index contributed by atoms with van der Waals surface area (Å²) in [5.41, 5.74) is 2.55. The lowest BCUT2D eigenvalue weighted by molar-refractivity contribution is 0.408. The summed E-state index contributed by atoms with van der Waals surface area (Å²) in [4.78, 5) is 10.9. The highest BCUT2D eigenvalue weighted by Gasteiger charge is 2.21. The van der Waals surface area contributed by atoms with Gasteiger partial charge in [-0.25, -0.2) is 4.98 Å². The van der Waals surface area contributed by atoms with Crippen LogP contribution in [-0.4, -0.2) is 51.6 Å². The highest BCUT2D eigenvalue weighted by atomic mass is 32.2. The van der Waals surface area contributed by atoms with Crippen molar-refractivity contribution in [2.75, 3.05) is 25.9 Å². The summed E-state index contributed by atoms with van der Waals surface area (Å²) in [6.45, 7) is 6.09. The Morgan fingerprint density at radius 2 is 2.12 bits per heavy atom. The van der Waals surface area contributed by atoms with Crippen molar-refractivity contribution in [3.05, 3.63) is 54.1 Å². The van der Waals surface area contributed by atoms with Gasteiger partial charge in [0.25, 0.3) is 0 Å². The number of imidazole rings is 1. The van der Waals surface area contributed by atoms with Crippen molar-refractivity contribution in [3.8, 4) is 0 Å². The Labute approximate surface area is 154 Å². The van der Waals surface area contributed by atoms with Gasteiger partial charge >= 0.3 is 0 Å². The molecule has 134 valence electrons. The van der Waals surface area contributed by atoms with Gasteiger partial charge in [-0.3, -0.25) is 4.99 Å². The molecule has 5 nitrogen and oxygen atoms in total. The SMILES string of the molecule is CCC1CN(C(=NC)NCc2ccc(Cn3ccnc3)cc2)CCS1. The number of hydrogen-bond donors (Lipinski definition) is 1. The highest BCUT2D eigenvalue weighted by molar-refractivity contribution is 8.00. The Morgan fingerprint density at radius 1 is 1.32 bits per heavy atom. The third kappa shape index (κ3) is 5.01. The molecule has 1 aromatic heterocycles. The fourth-order valence-corrected chi connectivity index (χ4v) is 4.21. The van der Waals surface area contributed by atoms with Crippen molar-refractivity contribution >= 4 is 17.7 Å². The lowest BCUT2D eigenvalue weighted by Gasteiger charge is -2.34. The van der Waals surface area contributed by atoms with Gasteiger partial charge < -0.3 is 14.8 Å². The van der Waals surface area contributed by atoms with E-state index < -0.39 is 0 Å². The van der Waals surface area contributed by atoms with Gasteiger partial charge in [0.2, 0.25) is 0 Å². The quantitative estimate of drug-likeness (QED) is 0.660. The molecule has 0 radical (unpaired) electrons. The van der Waals surface area contributed by atoms with Crippen LogP contribution in [-0.2, 0) is 13.1 Å². The Balaban J connectivity index is 1.53. The van der Waals surface area contributed by atoms with Crippen LogP contribution in [0.25, 0.3) is 0 Å². The summed E-state index contributed by atoms with van der Waals surface area (Å²) in [7, 11) is 1.87. The molecule has 0 spiro atoms. The summed E-state index contributed by atoms with van der Waals surface area (Å²) < 4.78 is 2.08. The number of nitrogens with zero attached hydrogens (tertiary/aromatic N) is 4. The largest absolute Gasteiger partial charge is 0.352 e. The van der Waals surface area contributed by atoms with E-state index >= 15 is 0 Å². The maximum Gasteiger partial charge on any atom is 0.193 e. The third-order valence-electron chi connectivity index (χ3n) is 4.50. The van der Waals surface area contributed by atoms with Gasteiger partial charge in [0.1, 0.15) is 0 Å². The fourth-order valence-electron chi connectivity index (χ4n) is 3.03. The van der Waals surface area contributed by atoms with Gasteiger partial charge in [0.05, 0.1) is 6.33 Å². The molecule has 0 saturated carbocycles. The predicted octanol–water partition coefficient (Wildman–Crippen LogP) is 2.83. The number of aromatic nitrogens is 2. The van der Waals surface area contributed by atoms with Crippen LogP contribution >= 0.6 is 11.8 Å². The Hall–Kier alpha value is -1.95. The number of rotatable bonds is 5. The van der Waals surface area contributed by atoms with Gasteiger partial charge in [-0.1, -0.05) is 31.2 Å². The number of aliphatic imine (C=N–C) groups is 1. The van der Waals surface area contributed by atoms with Crippen LogP contribution in [0, 0.1) is 0 Å². The van der Waals surface area contributed by atoms with E-state index in [0.717, 1.165) is 37.4 Å². The Morgan fingerprint density at radius 3 is 2.80 bits per heavy atom. The summed E-state index contributed by atoms with van der Waals surface area (Å²) in [5.74, 6) is 2.20. The first-order chi connectivity index (χ1) is 12.3. The van der Waals surface area contributed by atoms with Gasteiger partial charge in [-0.2, -0.15) is 11.8 Å². The lowest BCUT2D eigenvalue weighted by atomic mass is 10.1. The molecule has 1 saturated heterocycles. The maximum atomic E-state index is 4.47. The van der Waals surface area contributed by atoms with Crippen LogP contribution < -0.4 is 5.32 Å². The standard InChI is InChI=1S/C19H27N5S/c1-3-18-14-24(10-11-25-18)19(20-2)22-12-16-4-6-17(7-5-16)13-23-9-8-21-15-23/h4-9,15,18H,3,10-14H2,1-2H3,(H,20,22). The van der Waals surface area contributed by atoms with Crippen LogP contribution in [0.4, 0.5) is 0 Å². The zero-order chi connectivity index (χ0) is 17.5. The first kappa shape index (κ1) is 17.9. The first-order valence-electron chi connectivity index (χ1n) is 8.89. The van der Waals surface area contributed by atoms with Crippen LogP contribution in [0.15, 0.2) is 48.0 Å². The number of hydrogen-bond acceptors (Lipinski definition) is 3. The minimum absolute atomic E-state index is 0.717. The van der Waals surface area contributed by atoms with Gasteiger partial charge in [-0.15, -0.1) is 0 Å². The fraction of sp³-hybridized carbons (Fsp3) is 0.474. The van der Waals surface area contributed by atoms with Gasteiger partial charge in [0.15, 0.2) is 5.96 Å². The smallest absolute Gasteiger partial charge is 0.193 e. The van der Waals surface area contributed by atoms with Crippen LogP contribution in [0.2, 0.25) is 0 Å². The second-order valence-corrected chi connectivity index (χ2v) is 7.71. The highest BCUT2D eigenvalue weighted by Crippen LogP contribution is 2.21. The third-order valence-corrected chi connectivity index (χ3v) is 5.88. The molecule has 6 heteroatoms. The topological polar surface area (TPSA) is 45.5 Å². The molecule has 1 aliphatic heterocycles. The summed E-state index contributed by atoms with van der Waals surface area (Å²) in [6.07, 6.45) is 6.86. The molecule has 1 unspecified atom stereocenters. The molecule has 1 aliphatic rings. The molecule has 2 aromatic rings. The van der Waals surface area contributed by atoms with Crippen LogP contribution in [0.5, 0.6) is 0 Å². The van der Waals surface area contributed by atoms with E-state index in [0.29, 0.717) is 0 Å². The molecule has 2 heterocycles. The van der Waals surface area contributed by atoms with E-state index in [9.17, 15) is 0 Å². The lowest BCUT2D eigenvalue weighted by Crippen LogP contribution is -2.47. The monoisotopic (exact) mass is 357 g/mol. The molecule has 1 aromatic carbocycles. The van der Waals surface area contributed by atoms with E-state index in [4.69, 9.17) is 0 Å². The second-order valence-electron chi connectivity index (χ2n) is 6.30. The van der Waals surface area contributed by atoms with Crippen molar-refractivity contribution < 1.29 is 0 Å². The summed E-state index contributed by atoms with van der Waals surface area (Å²) in [6, 6.07) is 8.75. The first-order valence-corrected chi connectivity index (χ1v) is 9.94. The van der Waals surface area contributed by atoms with Gasteiger partial charge in [0, 0.05) is 56.6 Å². The van der Waals surface area contributed by atoms with E-state index in [2.05, 4.69) is 67.7 Å². The number of guanidine groups is 1. The maximum absolute atomic E-state index is 4.47. The number of benzene rings is 1. The normalized spacial score (nSPS) is 18.4. The molecule has 1 fully saturated rings. The molecule has 1 atom stereocenters. The van der Waals surface area contributed by atoms with E-state index in [1.54, 1.807) is 0 Å². The molecular formula is C19H27N5S. The summed E-state index contributed by atoms with van der Waals surface area (Å²) in [5, 5.41) is 4.23.